The molecular formula is C24H22ClN3O3. The molecule has 0 amide bonds. The first-order chi connectivity index (χ1) is 14.9. The fraction of sp³-hybridized carbons (Fsp3) is 0.292. The summed E-state index contributed by atoms with van der Waals surface area (Å²) >= 11 is 5.97. The van der Waals surface area contributed by atoms with E-state index in [1.165, 1.54) is 0 Å². The van der Waals surface area contributed by atoms with Crippen molar-refractivity contribution >= 4 is 34.7 Å². The van der Waals surface area contributed by atoms with Gasteiger partial charge in [-0.3, -0.25) is 9.59 Å². The van der Waals surface area contributed by atoms with Crippen molar-refractivity contribution in [2.24, 2.45) is 0 Å². The minimum absolute atomic E-state index is 0.0387. The summed E-state index contributed by atoms with van der Waals surface area (Å²) in [6.45, 7) is -0.474. The normalized spacial score (nSPS) is 16.3. The second-order valence-electron chi connectivity index (χ2n) is 7.86. The molecule has 0 radical (unpaired) electrons. The number of halogens is 1. The molecule has 0 aromatic heterocycles. The molecule has 7 heteroatoms. The Morgan fingerprint density at radius 3 is 2.13 bits per heavy atom. The van der Waals surface area contributed by atoms with Gasteiger partial charge in [0.15, 0.2) is 6.61 Å². The molecule has 0 unspecified atom stereocenters. The van der Waals surface area contributed by atoms with Gasteiger partial charge in [0.2, 0.25) is 5.78 Å². The monoisotopic (exact) mass is 435 g/mol. The number of hydrogen-bond acceptors (Lipinski definition) is 6. The van der Waals surface area contributed by atoms with Gasteiger partial charge in [-0.25, -0.2) is 0 Å². The van der Waals surface area contributed by atoms with Gasteiger partial charge in [0.05, 0.1) is 16.8 Å². The molecule has 6 nitrogen and oxygen atoms in total. The summed E-state index contributed by atoms with van der Waals surface area (Å²) in [4.78, 5) is 29.4. The molecule has 2 aromatic rings. The number of carbonyl (C=O) groups excluding carboxylic acids is 2. The number of para-hydroxylation sites is 2. The standard InChI is InChI=1S/C24H22ClN3O3/c1-27-19-6-3-4-7-20(19)28(2)22(27)18(14-26)21(29)15-31-23(30)24(12-5-13-24)16-8-10-17(25)11-9-16/h3-4,6-11H,5,12-13,15H2,1-2H3. The van der Waals surface area contributed by atoms with Crippen molar-refractivity contribution in [3.8, 4) is 6.07 Å². The molecule has 2 aromatic carbocycles. The molecule has 1 aliphatic carbocycles. The Labute approximate surface area is 186 Å². The molecule has 0 bridgehead atoms. The van der Waals surface area contributed by atoms with Gasteiger partial charge in [-0.1, -0.05) is 42.3 Å². The number of anilines is 2. The van der Waals surface area contributed by atoms with Gasteiger partial charge in [-0.15, -0.1) is 0 Å². The number of rotatable bonds is 5. The van der Waals surface area contributed by atoms with Crippen LogP contribution in [0.15, 0.2) is 59.9 Å². The second-order valence-corrected chi connectivity index (χ2v) is 8.30. The Bertz CT molecular complexity index is 1080. The van der Waals surface area contributed by atoms with Crippen LogP contribution in [0.2, 0.25) is 5.02 Å². The fourth-order valence-electron chi connectivity index (χ4n) is 4.31. The topological polar surface area (TPSA) is 73.6 Å². The second kappa shape index (κ2) is 8.09. The summed E-state index contributed by atoms with van der Waals surface area (Å²) < 4.78 is 5.44. The first-order valence-corrected chi connectivity index (χ1v) is 10.4. The summed E-state index contributed by atoms with van der Waals surface area (Å²) in [5.41, 5.74) is 1.85. The predicted octanol–water partition coefficient (Wildman–Crippen LogP) is 4.20. The third-order valence-electron chi connectivity index (χ3n) is 6.18. The van der Waals surface area contributed by atoms with Crippen molar-refractivity contribution in [3.63, 3.8) is 0 Å². The molecule has 1 heterocycles. The summed E-state index contributed by atoms with van der Waals surface area (Å²) in [6.07, 6.45) is 2.23. The zero-order valence-corrected chi connectivity index (χ0v) is 18.1. The lowest BCUT2D eigenvalue weighted by Crippen LogP contribution is -2.44. The average Bonchev–Trinajstić information content (AvgIpc) is 2.99. The average molecular weight is 436 g/mol. The first-order valence-electron chi connectivity index (χ1n) is 10.1. The van der Waals surface area contributed by atoms with Gasteiger partial charge in [-0.05, 0) is 42.7 Å². The van der Waals surface area contributed by atoms with E-state index < -0.39 is 23.8 Å². The van der Waals surface area contributed by atoms with Gasteiger partial charge < -0.3 is 14.5 Å². The van der Waals surface area contributed by atoms with E-state index in [1.54, 1.807) is 36.0 Å². The summed E-state index contributed by atoms with van der Waals surface area (Å²) in [5.74, 6) is -0.489. The molecule has 1 aliphatic heterocycles. The summed E-state index contributed by atoms with van der Waals surface area (Å²) in [5, 5.41) is 10.3. The number of ketones is 1. The van der Waals surface area contributed by atoms with E-state index in [0.29, 0.717) is 23.7 Å². The molecule has 0 saturated heterocycles. The van der Waals surface area contributed by atoms with Crippen LogP contribution in [0.1, 0.15) is 24.8 Å². The Morgan fingerprint density at radius 2 is 1.65 bits per heavy atom. The SMILES string of the molecule is CN1C(=C(C#N)C(=O)COC(=O)C2(c3ccc(Cl)cc3)CCC2)N(C)c2ccccc21. The zero-order chi connectivity index (χ0) is 22.2. The van der Waals surface area contributed by atoms with E-state index in [0.717, 1.165) is 23.4 Å². The van der Waals surface area contributed by atoms with E-state index >= 15 is 0 Å². The maximum absolute atomic E-state index is 12.9. The van der Waals surface area contributed by atoms with Crippen molar-refractivity contribution in [1.29, 1.82) is 5.26 Å². The molecule has 158 valence electrons. The highest BCUT2D eigenvalue weighted by Gasteiger charge is 2.47. The lowest BCUT2D eigenvalue weighted by Gasteiger charge is -2.39. The number of hydrogen-bond donors (Lipinski definition) is 0. The van der Waals surface area contributed by atoms with Crippen LogP contribution in [0.3, 0.4) is 0 Å². The maximum Gasteiger partial charge on any atom is 0.317 e. The number of ether oxygens (including phenoxy) is 1. The minimum Gasteiger partial charge on any atom is -0.457 e. The van der Waals surface area contributed by atoms with Gasteiger partial charge >= 0.3 is 5.97 Å². The van der Waals surface area contributed by atoms with Crippen LogP contribution in [0.25, 0.3) is 0 Å². The largest absolute Gasteiger partial charge is 0.457 e. The number of esters is 1. The molecule has 1 saturated carbocycles. The highest BCUT2D eigenvalue weighted by molar-refractivity contribution is 6.30. The highest BCUT2D eigenvalue weighted by atomic mass is 35.5. The van der Waals surface area contributed by atoms with E-state index in [2.05, 4.69) is 0 Å². The maximum atomic E-state index is 12.9. The van der Waals surface area contributed by atoms with Crippen LogP contribution in [-0.4, -0.2) is 32.5 Å². The van der Waals surface area contributed by atoms with Gasteiger partial charge in [0, 0.05) is 19.1 Å². The van der Waals surface area contributed by atoms with Crippen LogP contribution in [0.5, 0.6) is 0 Å². The lowest BCUT2D eigenvalue weighted by molar-refractivity contribution is -0.156. The lowest BCUT2D eigenvalue weighted by atomic mass is 9.64. The molecule has 0 spiro atoms. The number of Topliss-reactive ketones (excluding diaryl/α,β-unsaturated/α-hetero) is 1. The molecule has 2 aliphatic rings. The molecular weight excluding hydrogens is 414 g/mol. The Balaban J connectivity index is 1.53. The molecule has 0 atom stereocenters. The van der Waals surface area contributed by atoms with Gasteiger partial charge in [-0.2, -0.15) is 5.26 Å². The van der Waals surface area contributed by atoms with E-state index in [4.69, 9.17) is 16.3 Å². The minimum atomic E-state index is -0.748. The van der Waals surface area contributed by atoms with E-state index in [1.807, 2.05) is 42.5 Å². The van der Waals surface area contributed by atoms with Crippen LogP contribution >= 0.6 is 11.6 Å². The third-order valence-corrected chi connectivity index (χ3v) is 6.44. The first kappa shape index (κ1) is 21.0. The van der Waals surface area contributed by atoms with E-state index in [9.17, 15) is 14.9 Å². The van der Waals surface area contributed by atoms with Crippen molar-refractivity contribution in [3.05, 3.63) is 70.5 Å². The summed E-state index contributed by atoms with van der Waals surface area (Å²) in [7, 11) is 3.61. The van der Waals surface area contributed by atoms with Crippen LogP contribution in [0.4, 0.5) is 11.4 Å². The quantitative estimate of drug-likeness (QED) is 0.398. The number of fused-ring (bicyclic) bond motifs is 1. The Morgan fingerprint density at radius 1 is 1.06 bits per heavy atom. The highest BCUT2D eigenvalue weighted by Crippen LogP contribution is 2.45. The number of nitrogens with zero attached hydrogens (tertiary/aromatic N) is 3. The summed E-state index contributed by atoms with van der Waals surface area (Å²) in [6, 6.07) is 16.8. The van der Waals surface area contributed by atoms with E-state index in [-0.39, 0.29) is 5.57 Å². The van der Waals surface area contributed by atoms with Gasteiger partial charge in [0.1, 0.15) is 17.5 Å². The van der Waals surface area contributed by atoms with Crippen molar-refractivity contribution < 1.29 is 14.3 Å². The van der Waals surface area contributed by atoms with Gasteiger partial charge in [0.25, 0.3) is 0 Å². The third kappa shape index (κ3) is 3.45. The van der Waals surface area contributed by atoms with Crippen molar-refractivity contribution in [2.75, 3.05) is 30.5 Å². The van der Waals surface area contributed by atoms with Crippen LogP contribution in [-0.2, 0) is 19.7 Å². The smallest absolute Gasteiger partial charge is 0.317 e. The molecule has 4 rings (SSSR count). The molecule has 0 N–H and O–H groups in total. The number of benzene rings is 2. The number of nitriles is 1. The van der Waals surface area contributed by atoms with Crippen LogP contribution < -0.4 is 9.80 Å². The predicted molar refractivity (Wildman–Crippen MR) is 119 cm³/mol. The Kier molecular flexibility index (Phi) is 5.47. The Hall–Kier alpha value is -3.30. The number of carbonyl (C=O) groups is 2. The van der Waals surface area contributed by atoms with Crippen LogP contribution in [0, 0.1) is 11.3 Å². The van der Waals surface area contributed by atoms with Crippen molar-refractivity contribution in [1.82, 2.24) is 0 Å². The molecule has 31 heavy (non-hydrogen) atoms. The molecule has 1 fully saturated rings. The fourth-order valence-corrected chi connectivity index (χ4v) is 4.43. The van der Waals surface area contributed by atoms with Crippen molar-refractivity contribution in [2.45, 2.75) is 24.7 Å². The zero-order valence-electron chi connectivity index (χ0n) is 17.4.